The fraction of sp³-hybridized carbons (Fsp3) is 0.333. The van der Waals surface area contributed by atoms with Crippen molar-refractivity contribution in [2.45, 2.75) is 25.9 Å². The Bertz CT molecular complexity index is 696. The lowest BCUT2D eigenvalue weighted by molar-refractivity contribution is 0.130. The quantitative estimate of drug-likeness (QED) is 0.482. The Labute approximate surface area is 150 Å². The first kappa shape index (κ1) is 16.8. The van der Waals surface area contributed by atoms with Crippen LogP contribution in [0.2, 0.25) is 0 Å². The van der Waals surface area contributed by atoms with Gasteiger partial charge in [0, 0.05) is 29.3 Å². The zero-order valence-corrected chi connectivity index (χ0v) is 15.1. The number of amidine groups is 1. The van der Waals surface area contributed by atoms with E-state index in [4.69, 9.17) is 10.6 Å². The fourth-order valence-electron chi connectivity index (χ4n) is 2.70. The lowest BCUT2D eigenvalue weighted by atomic mass is 10.1. The average molecular weight is 389 g/mol. The third kappa shape index (κ3) is 4.47. The summed E-state index contributed by atoms with van der Waals surface area (Å²) < 4.78 is 1.01. The summed E-state index contributed by atoms with van der Waals surface area (Å²) in [4.78, 5) is 12.2. The number of nitrogens with two attached hydrogens (primary N) is 1. The van der Waals surface area contributed by atoms with Gasteiger partial charge in [0.05, 0.1) is 0 Å². The highest BCUT2D eigenvalue weighted by Gasteiger charge is 2.12. The maximum absolute atomic E-state index is 5.98. The summed E-state index contributed by atoms with van der Waals surface area (Å²) >= 11 is 3.43. The molecule has 24 heavy (non-hydrogen) atoms. The molecule has 6 heteroatoms. The highest BCUT2D eigenvalue weighted by molar-refractivity contribution is 9.10. The molecule has 1 aliphatic heterocycles. The van der Waals surface area contributed by atoms with Crippen molar-refractivity contribution in [1.29, 1.82) is 0 Å². The van der Waals surface area contributed by atoms with Crippen molar-refractivity contribution in [3.63, 3.8) is 0 Å². The van der Waals surface area contributed by atoms with Gasteiger partial charge in [-0.1, -0.05) is 33.2 Å². The number of oxime groups is 1. The van der Waals surface area contributed by atoms with Gasteiger partial charge in [-0.2, -0.15) is 0 Å². The van der Waals surface area contributed by atoms with Crippen molar-refractivity contribution in [2.75, 3.05) is 18.0 Å². The zero-order valence-electron chi connectivity index (χ0n) is 13.5. The summed E-state index contributed by atoms with van der Waals surface area (Å²) in [6.45, 7) is 2.52. The number of rotatable bonds is 5. The standard InChI is InChI=1S/C18H21BrN4O/c19-16-6-4-5-14(11-16)13-24-22-18(20)15-7-8-17(21-12-15)23-9-2-1-3-10-23/h4-8,11-12H,1-3,9-10,13H2,(H2,20,22). The second kappa shape index (κ2) is 8.15. The molecule has 126 valence electrons. The van der Waals surface area contributed by atoms with Gasteiger partial charge in [0.15, 0.2) is 5.84 Å². The van der Waals surface area contributed by atoms with Crippen LogP contribution in [0.5, 0.6) is 0 Å². The van der Waals surface area contributed by atoms with E-state index in [-0.39, 0.29) is 0 Å². The summed E-state index contributed by atoms with van der Waals surface area (Å²) in [6, 6.07) is 11.8. The largest absolute Gasteiger partial charge is 0.389 e. The number of benzene rings is 1. The molecule has 1 aromatic heterocycles. The molecule has 0 atom stereocenters. The maximum atomic E-state index is 5.98. The Kier molecular flexibility index (Phi) is 5.69. The number of nitrogens with zero attached hydrogens (tertiary/aromatic N) is 3. The zero-order chi connectivity index (χ0) is 16.8. The maximum Gasteiger partial charge on any atom is 0.171 e. The van der Waals surface area contributed by atoms with Crippen molar-refractivity contribution in [1.82, 2.24) is 4.98 Å². The van der Waals surface area contributed by atoms with Gasteiger partial charge in [-0.25, -0.2) is 4.98 Å². The van der Waals surface area contributed by atoms with Crippen molar-refractivity contribution in [3.05, 3.63) is 58.2 Å². The molecule has 0 unspecified atom stereocenters. The van der Waals surface area contributed by atoms with E-state index in [9.17, 15) is 0 Å². The predicted molar refractivity (Wildman–Crippen MR) is 100.0 cm³/mol. The second-order valence-corrected chi connectivity index (χ2v) is 6.75. The number of anilines is 1. The van der Waals surface area contributed by atoms with E-state index >= 15 is 0 Å². The van der Waals surface area contributed by atoms with Gasteiger partial charge >= 0.3 is 0 Å². The molecule has 0 aliphatic carbocycles. The monoisotopic (exact) mass is 388 g/mol. The van der Waals surface area contributed by atoms with Crippen molar-refractivity contribution >= 4 is 27.6 Å². The highest BCUT2D eigenvalue weighted by Crippen LogP contribution is 2.17. The minimum Gasteiger partial charge on any atom is -0.389 e. The first-order chi connectivity index (χ1) is 11.7. The van der Waals surface area contributed by atoms with Crippen molar-refractivity contribution < 1.29 is 4.84 Å². The van der Waals surface area contributed by atoms with E-state index < -0.39 is 0 Å². The Morgan fingerprint density at radius 2 is 2.04 bits per heavy atom. The van der Waals surface area contributed by atoms with Gasteiger partial charge in [0.1, 0.15) is 12.4 Å². The lowest BCUT2D eigenvalue weighted by Gasteiger charge is -2.27. The van der Waals surface area contributed by atoms with Gasteiger partial charge in [-0.05, 0) is 49.1 Å². The molecule has 3 rings (SSSR count). The Morgan fingerprint density at radius 1 is 1.21 bits per heavy atom. The molecule has 0 bridgehead atoms. The second-order valence-electron chi connectivity index (χ2n) is 5.83. The molecule has 1 aromatic carbocycles. The molecular formula is C18H21BrN4O. The number of aromatic nitrogens is 1. The summed E-state index contributed by atoms with van der Waals surface area (Å²) in [5, 5.41) is 3.99. The molecule has 0 spiro atoms. The van der Waals surface area contributed by atoms with Gasteiger partial charge in [-0.3, -0.25) is 0 Å². The van der Waals surface area contributed by atoms with E-state index in [0.29, 0.717) is 12.4 Å². The molecule has 2 aromatic rings. The SMILES string of the molecule is N/C(=N\OCc1cccc(Br)c1)c1ccc(N2CCCCC2)nc1. The predicted octanol–water partition coefficient (Wildman–Crippen LogP) is 3.67. The Morgan fingerprint density at radius 3 is 2.75 bits per heavy atom. The number of piperidine rings is 1. The van der Waals surface area contributed by atoms with Crippen LogP contribution in [0.15, 0.2) is 52.2 Å². The minimum absolute atomic E-state index is 0.336. The van der Waals surface area contributed by atoms with Crippen LogP contribution >= 0.6 is 15.9 Å². The molecule has 5 nitrogen and oxygen atoms in total. The van der Waals surface area contributed by atoms with Crippen LogP contribution in [-0.2, 0) is 11.4 Å². The third-order valence-electron chi connectivity index (χ3n) is 4.01. The number of pyridine rings is 1. The van der Waals surface area contributed by atoms with Crippen LogP contribution in [0.3, 0.4) is 0 Å². The molecule has 0 radical (unpaired) electrons. The fourth-order valence-corrected chi connectivity index (χ4v) is 3.15. The van der Waals surface area contributed by atoms with Crippen molar-refractivity contribution in [2.24, 2.45) is 10.9 Å². The van der Waals surface area contributed by atoms with Crippen LogP contribution in [0.25, 0.3) is 0 Å². The first-order valence-electron chi connectivity index (χ1n) is 8.13. The molecule has 1 aliphatic rings. The van der Waals surface area contributed by atoms with Crippen LogP contribution in [0, 0.1) is 0 Å². The Balaban J connectivity index is 1.58. The molecule has 1 saturated heterocycles. The minimum atomic E-state index is 0.336. The van der Waals surface area contributed by atoms with Crippen LogP contribution in [-0.4, -0.2) is 23.9 Å². The molecular weight excluding hydrogens is 368 g/mol. The third-order valence-corrected chi connectivity index (χ3v) is 4.50. The van der Waals surface area contributed by atoms with E-state index in [1.54, 1.807) is 6.20 Å². The normalized spacial score (nSPS) is 15.4. The van der Waals surface area contributed by atoms with Crippen LogP contribution < -0.4 is 10.6 Å². The first-order valence-corrected chi connectivity index (χ1v) is 8.93. The molecule has 2 N–H and O–H groups in total. The number of halogens is 1. The van der Waals surface area contributed by atoms with Gasteiger partial charge in [0.25, 0.3) is 0 Å². The topological polar surface area (TPSA) is 63.7 Å². The van der Waals surface area contributed by atoms with E-state index in [0.717, 1.165) is 34.5 Å². The lowest BCUT2D eigenvalue weighted by Crippen LogP contribution is -2.30. The summed E-state index contributed by atoms with van der Waals surface area (Å²) in [6.07, 6.45) is 5.53. The van der Waals surface area contributed by atoms with Crippen LogP contribution in [0.4, 0.5) is 5.82 Å². The van der Waals surface area contributed by atoms with Crippen molar-refractivity contribution in [3.8, 4) is 0 Å². The highest BCUT2D eigenvalue weighted by atomic mass is 79.9. The van der Waals surface area contributed by atoms with Gasteiger partial charge in [-0.15, -0.1) is 0 Å². The summed E-state index contributed by atoms with van der Waals surface area (Å²) in [5.41, 5.74) is 7.78. The summed E-state index contributed by atoms with van der Waals surface area (Å²) in [7, 11) is 0. The Hall–Kier alpha value is -2.08. The molecule has 2 heterocycles. The smallest absolute Gasteiger partial charge is 0.171 e. The molecule has 1 fully saturated rings. The van der Waals surface area contributed by atoms with Gasteiger partial charge < -0.3 is 15.5 Å². The number of hydrogen-bond donors (Lipinski definition) is 1. The number of hydrogen-bond acceptors (Lipinski definition) is 4. The average Bonchev–Trinajstić information content (AvgIpc) is 2.63. The molecule has 0 amide bonds. The van der Waals surface area contributed by atoms with E-state index in [1.807, 2.05) is 36.4 Å². The van der Waals surface area contributed by atoms with E-state index in [2.05, 4.69) is 31.0 Å². The van der Waals surface area contributed by atoms with Gasteiger partial charge in [0.2, 0.25) is 0 Å². The molecule has 0 saturated carbocycles. The summed E-state index contributed by atoms with van der Waals surface area (Å²) in [5.74, 6) is 1.34. The van der Waals surface area contributed by atoms with Crippen LogP contribution in [0.1, 0.15) is 30.4 Å². The van der Waals surface area contributed by atoms with E-state index in [1.165, 1.54) is 19.3 Å².